The number of benzene rings is 1. The van der Waals surface area contributed by atoms with Gasteiger partial charge >= 0.3 is 0 Å². The second-order valence-electron chi connectivity index (χ2n) is 4.48. The van der Waals surface area contributed by atoms with Crippen molar-refractivity contribution in [2.45, 2.75) is 13.0 Å². The zero-order valence-corrected chi connectivity index (χ0v) is 11.5. The number of ether oxygens (including phenoxy) is 1. The first-order valence-electron chi connectivity index (χ1n) is 6.38. The van der Waals surface area contributed by atoms with Crippen molar-refractivity contribution in [2.75, 3.05) is 13.7 Å². The third kappa shape index (κ3) is 3.86. The fourth-order valence-electron chi connectivity index (χ4n) is 1.80. The number of methoxy groups -OCH3 is 1. The number of aromatic nitrogens is 2. The van der Waals surface area contributed by atoms with E-state index in [2.05, 4.69) is 15.3 Å². The Labute approximate surface area is 117 Å². The number of para-hydroxylation sites is 2. The highest BCUT2D eigenvalue weighted by molar-refractivity contribution is 5.91. The first-order valence-corrected chi connectivity index (χ1v) is 6.38. The minimum atomic E-state index is -0.176. The minimum absolute atomic E-state index is 0.0279. The highest BCUT2D eigenvalue weighted by atomic mass is 16.5. The molecular weight excluding hydrogens is 254 g/mol. The Morgan fingerprint density at radius 3 is 2.90 bits per heavy atom. The second-order valence-corrected chi connectivity index (χ2v) is 4.48. The van der Waals surface area contributed by atoms with E-state index >= 15 is 0 Å². The molecule has 2 rings (SSSR count). The Kier molecular flexibility index (Phi) is 4.79. The van der Waals surface area contributed by atoms with Crippen molar-refractivity contribution in [2.24, 2.45) is 0 Å². The molecule has 1 amide bonds. The first-order chi connectivity index (χ1) is 9.69. The van der Waals surface area contributed by atoms with Gasteiger partial charge in [-0.05, 0) is 25.1 Å². The number of fused-ring (bicyclic) bond motifs is 1. The average molecular weight is 271 g/mol. The van der Waals surface area contributed by atoms with Crippen LogP contribution in [0.25, 0.3) is 17.1 Å². The van der Waals surface area contributed by atoms with Crippen LogP contribution in [-0.2, 0) is 9.53 Å². The average Bonchev–Trinajstić information content (AvgIpc) is 2.45. The topological polar surface area (TPSA) is 64.1 Å². The van der Waals surface area contributed by atoms with Gasteiger partial charge in [0, 0.05) is 19.2 Å². The van der Waals surface area contributed by atoms with Gasteiger partial charge in [0.25, 0.3) is 0 Å². The van der Waals surface area contributed by atoms with Crippen LogP contribution < -0.4 is 5.32 Å². The maximum Gasteiger partial charge on any atom is 0.244 e. The smallest absolute Gasteiger partial charge is 0.244 e. The predicted molar refractivity (Wildman–Crippen MR) is 78.1 cm³/mol. The lowest BCUT2D eigenvalue weighted by Crippen LogP contribution is -2.34. The van der Waals surface area contributed by atoms with E-state index in [1.807, 2.05) is 31.2 Å². The van der Waals surface area contributed by atoms with Crippen LogP contribution in [0.3, 0.4) is 0 Å². The van der Waals surface area contributed by atoms with E-state index in [4.69, 9.17) is 4.74 Å². The number of amides is 1. The van der Waals surface area contributed by atoms with E-state index in [-0.39, 0.29) is 11.9 Å². The van der Waals surface area contributed by atoms with Gasteiger partial charge in [0.1, 0.15) is 0 Å². The fraction of sp³-hybridized carbons (Fsp3) is 0.267. The number of rotatable bonds is 5. The number of carbonyl (C=O) groups excluding carboxylic acids is 1. The summed E-state index contributed by atoms with van der Waals surface area (Å²) in [6, 6.07) is 7.58. The number of carbonyl (C=O) groups is 1. The van der Waals surface area contributed by atoms with E-state index in [0.29, 0.717) is 12.3 Å². The predicted octanol–water partition coefficient (Wildman–Crippen LogP) is 1.79. The van der Waals surface area contributed by atoms with Crippen LogP contribution >= 0.6 is 0 Å². The van der Waals surface area contributed by atoms with Gasteiger partial charge in [-0.25, -0.2) is 4.98 Å². The molecule has 0 fully saturated rings. The fourth-order valence-corrected chi connectivity index (χ4v) is 1.80. The van der Waals surface area contributed by atoms with Crippen LogP contribution in [0.1, 0.15) is 12.6 Å². The summed E-state index contributed by atoms with van der Waals surface area (Å²) in [5, 5.41) is 2.79. The summed E-state index contributed by atoms with van der Waals surface area (Å²) < 4.78 is 4.95. The molecule has 0 spiro atoms. The SMILES string of the molecule is COCC(C)NC(=O)C=Cc1cnc2ccccc2n1. The summed E-state index contributed by atoms with van der Waals surface area (Å²) in [7, 11) is 1.60. The molecule has 0 aliphatic heterocycles. The van der Waals surface area contributed by atoms with Crippen molar-refractivity contribution >= 4 is 23.0 Å². The van der Waals surface area contributed by atoms with E-state index in [1.54, 1.807) is 19.4 Å². The molecule has 0 aliphatic rings. The Hall–Kier alpha value is -2.27. The van der Waals surface area contributed by atoms with Gasteiger partial charge in [-0.1, -0.05) is 12.1 Å². The summed E-state index contributed by atoms with van der Waals surface area (Å²) >= 11 is 0. The van der Waals surface area contributed by atoms with Gasteiger partial charge in [0.15, 0.2) is 0 Å². The van der Waals surface area contributed by atoms with Gasteiger partial charge in [0.2, 0.25) is 5.91 Å². The van der Waals surface area contributed by atoms with Crippen LogP contribution in [0.2, 0.25) is 0 Å². The van der Waals surface area contributed by atoms with Crippen LogP contribution in [0.5, 0.6) is 0 Å². The number of hydrogen-bond donors (Lipinski definition) is 1. The van der Waals surface area contributed by atoms with Gasteiger partial charge in [0.05, 0.1) is 29.5 Å². The van der Waals surface area contributed by atoms with Crippen LogP contribution in [0.15, 0.2) is 36.5 Å². The quantitative estimate of drug-likeness (QED) is 0.842. The molecular formula is C15H17N3O2. The molecule has 1 atom stereocenters. The van der Waals surface area contributed by atoms with Crippen LogP contribution in [0.4, 0.5) is 0 Å². The molecule has 1 heterocycles. The highest BCUT2D eigenvalue weighted by Crippen LogP contribution is 2.09. The molecule has 1 aromatic heterocycles. The number of nitrogens with zero attached hydrogens (tertiary/aromatic N) is 2. The summed E-state index contributed by atoms with van der Waals surface area (Å²) in [4.78, 5) is 20.4. The molecule has 20 heavy (non-hydrogen) atoms. The van der Waals surface area contributed by atoms with Crippen molar-refractivity contribution in [3.05, 3.63) is 42.2 Å². The molecule has 0 saturated heterocycles. The molecule has 0 saturated carbocycles. The van der Waals surface area contributed by atoms with Gasteiger partial charge in [-0.15, -0.1) is 0 Å². The second kappa shape index (κ2) is 6.77. The lowest BCUT2D eigenvalue weighted by atomic mass is 10.3. The van der Waals surface area contributed by atoms with Crippen molar-refractivity contribution in [1.29, 1.82) is 0 Å². The molecule has 1 unspecified atom stereocenters. The maximum atomic E-state index is 11.7. The Morgan fingerprint density at radius 2 is 2.15 bits per heavy atom. The minimum Gasteiger partial charge on any atom is -0.383 e. The van der Waals surface area contributed by atoms with Crippen molar-refractivity contribution in [1.82, 2.24) is 15.3 Å². The standard InChI is InChI=1S/C15H17N3O2/c1-11(10-20-2)17-15(19)8-7-12-9-16-13-5-3-4-6-14(13)18-12/h3-9,11H,10H2,1-2H3,(H,17,19). The van der Waals surface area contributed by atoms with E-state index in [9.17, 15) is 4.79 Å². The molecule has 5 nitrogen and oxygen atoms in total. The van der Waals surface area contributed by atoms with E-state index in [0.717, 1.165) is 11.0 Å². The third-order valence-electron chi connectivity index (χ3n) is 2.68. The lowest BCUT2D eigenvalue weighted by molar-refractivity contribution is -0.117. The third-order valence-corrected chi connectivity index (χ3v) is 2.68. The molecule has 0 bridgehead atoms. The molecule has 0 aliphatic carbocycles. The van der Waals surface area contributed by atoms with Crippen molar-refractivity contribution in [3.63, 3.8) is 0 Å². The van der Waals surface area contributed by atoms with Gasteiger partial charge in [-0.3, -0.25) is 9.78 Å². The summed E-state index contributed by atoms with van der Waals surface area (Å²) in [6.45, 7) is 2.36. The zero-order valence-electron chi connectivity index (χ0n) is 11.5. The summed E-state index contributed by atoms with van der Waals surface area (Å²) in [5.41, 5.74) is 2.30. The molecule has 1 N–H and O–H groups in total. The highest BCUT2D eigenvalue weighted by Gasteiger charge is 2.03. The monoisotopic (exact) mass is 271 g/mol. The van der Waals surface area contributed by atoms with Gasteiger partial charge < -0.3 is 10.1 Å². The Balaban J connectivity index is 2.03. The zero-order chi connectivity index (χ0) is 14.4. The van der Waals surface area contributed by atoms with Gasteiger partial charge in [-0.2, -0.15) is 0 Å². The number of nitrogens with one attached hydrogen (secondary N) is 1. The molecule has 2 aromatic rings. The molecule has 104 valence electrons. The molecule has 0 radical (unpaired) electrons. The number of hydrogen-bond acceptors (Lipinski definition) is 4. The lowest BCUT2D eigenvalue weighted by Gasteiger charge is -2.10. The van der Waals surface area contributed by atoms with Crippen LogP contribution in [0, 0.1) is 0 Å². The summed E-state index contributed by atoms with van der Waals surface area (Å²) in [6.07, 6.45) is 4.74. The Morgan fingerprint density at radius 1 is 1.40 bits per heavy atom. The van der Waals surface area contributed by atoms with Crippen molar-refractivity contribution < 1.29 is 9.53 Å². The maximum absolute atomic E-state index is 11.7. The van der Waals surface area contributed by atoms with Crippen LogP contribution in [-0.4, -0.2) is 35.6 Å². The summed E-state index contributed by atoms with van der Waals surface area (Å²) in [5.74, 6) is -0.176. The largest absolute Gasteiger partial charge is 0.383 e. The first kappa shape index (κ1) is 14.1. The van der Waals surface area contributed by atoms with Crippen molar-refractivity contribution in [3.8, 4) is 0 Å². The normalized spacial score (nSPS) is 12.7. The molecule has 5 heteroatoms. The van der Waals surface area contributed by atoms with E-state index in [1.165, 1.54) is 6.08 Å². The molecule has 1 aromatic carbocycles. The van der Waals surface area contributed by atoms with E-state index < -0.39 is 0 Å². The Bertz CT molecular complexity index is 625.